The smallest absolute Gasteiger partial charge is 0.0972 e. The third-order valence-electron chi connectivity index (χ3n) is 4.20. The van der Waals surface area contributed by atoms with Crippen molar-refractivity contribution in [1.82, 2.24) is 4.90 Å². The molecule has 0 radical (unpaired) electrons. The molecule has 96 valence electrons. The SMILES string of the molecule is COC1CN(C(C)(CN)C(C)C)CC1OC. The van der Waals surface area contributed by atoms with Crippen molar-refractivity contribution in [3.05, 3.63) is 0 Å². The van der Waals surface area contributed by atoms with Crippen LogP contribution in [0.25, 0.3) is 0 Å². The fourth-order valence-corrected chi connectivity index (χ4v) is 2.34. The minimum atomic E-state index is 0.0318. The van der Waals surface area contributed by atoms with Crippen molar-refractivity contribution in [2.45, 2.75) is 38.5 Å². The fraction of sp³-hybridized carbons (Fsp3) is 1.00. The summed E-state index contributed by atoms with van der Waals surface area (Å²) in [6.45, 7) is 9.13. The summed E-state index contributed by atoms with van der Waals surface area (Å²) in [5.41, 5.74) is 5.97. The molecule has 1 aliphatic heterocycles. The van der Waals surface area contributed by atoms with Crippen LogP contribution in [0, 0.1) is 5.92 Å². The van der Waals surface area contributed by atoms with E-state index in [1.165, 1.54) is 0 Å². The van der Waals surface area contributed by atoms with Crippen molar-refractivity contribution in [1.29, 1.82) is 0 Å². The van der Waals surface area contributed by atoms with Crippen molar-refractivity contribution in [3.8, 4) is 0 Å². The normalized spacial score (nSPS) is 30.9. The highest BCUT2D eigenvalue weighted by molar-refractivity contribution is 4.98. The van der Waals surface area contributed by atoms with E-state index < -0.39 is 0 Å². The Bertz CT molecular complexity index is 211. The molecule has 0 amide bonds. The lowest BCUT2D eigenvalue weighted by Crippen LogP contribution is -2.54. The van der Waals surface area contributed by atoms with Crippen LogP contribution in [0.1, 0.15) is 20.8 Å². The average molecular weight is 230 g/mol. The molecule has 0 saturated carbocycles. The highest BCUT2D eigenvalue weighted by Gasteiger charge is 2.43. The lowest BCUT2D eigenvalue weighted by atomic mass is 9.87. The maximum absolute atomic E-state index is 5.94. The Labute approximate surface area is 99.1 Å². The first-order valence-electron chi connectivity index (χ1n) is 6.00. The summed E-state index contributed by atoms with van der Waals surface area (Å²) in [5, 5.41) is 0. The summed E-state index contributed by atoms with van der Waals surface area (Å²) in [6.07, 6.45) is 0.323. The highest BCUT2D eigenvalue weighted by Crippen LogP contribution is 2.29. The first-order chi connectivity index (χ1) is 7.49. The number of ether oxygens (including phenoxy) is 2. The Morgan fingerprint density at radius 3 is 1.94 bits per heavy atom. The molecule has 1 fully saturated rings. The van der Waals surface area contributed by atoms with Crippen molar-refractivity contribution in [3.63, 3.8) is 0 Å². The van der Waals surface area contributed by atoms with Crippen LogP contribution in [-0.2, 0) is 9.47 Å². The van der Waals surface area contributed by atoms with Crippen LogP contribution >= 0.6 is 0 Å². The van der Waals surface area contributed by atoms with Crippen LogP contribution in [0.2, 0.25) is 0 Å². The van der Waals surface area contributed by atoms with Gasteiger partial charge >= 0.3 is 0 Å². The Morgan fingerprint density at radius 2 is 1.69 bits per heavy atom. The summed E-state index contributed by atoms with van der Waals surface area (Å²) in [6, 6.07) is 0. The van der Waals surface area contributed by atoms with Gasteiger partial charge in [0.15, 0.2) is 0 Å². The third kappa shape index (κ3) is 2.40. The van der Waals surface area contributed by atoms with Gasteiger partial charge in [-0.05, 0) is 12.8 Å². The molecule has 3 atom stereocenters. The van der Waals surface area contributed by atoms with Gasteiger partial charge in [-0.2, -0.15) is 0 Å². The molecule has 16 heavy (non-hydrogen) atoms. The summed E-state index contributed by atoms with van der Waals surface area (Å²) in [7, 11) is 3.49. The number of hydrogen-bond donors (Lipinski definition) is 1. The van der Waals surface area contributed by atoms with Crippen LogP contribution < -0.4 is 5.73 Å². The van der Waals surface area contributed by atoms with Gasteiger partial charge in [0.05, 0.1) is 12.2 Å². The second-order valence-electron chi connectivity index (χ2n) is 5.17. The van der Waals surface area contributed by atoms with E-state index in [1.54, 1.807) is 14.2 Å². The second-order valence-corrected chi connectivity index (χ2v) is 5.17. The van der Waals surface area contributed by atoms with Gasteiger partial charge in [-0.15, -0.1) is 0 Å². The Morgan fingerprint density at radius 1 is 1.25 bits per heavy atom. The summed E-state index contributed by atoms with van der Waals surface area (Å²) < 4.78 is 10.9. The molecule has 0 bridgehead atoms. The highest BCUT2D eigenvalue weighted by atomic mass is 16.5. The van der Waals surface area contributed by atoms with Gasteiger partial charge in [0.25, 0.3) is 0 Å². The standard InChI is InChI=1S/C12H26N2O2/c1-9(2)12(3,8-13)14-6-10(15-4)11(7-14)16-5/h9-11H,6-8,13H2,1-5H3. The molecule has 1 rings (SSSR count). The zero-order chi connectivity index (χ0) is 12.3. The number of methoxy groups -OCH3 is 2. The van der Waals surface area contributed by atoms with E-state index >= 15 is 0 Å². The minimum Gasteiger partial charge on any atom is -0.377 e. The topological polar surface area (TPSA) is 47.7 Å². The van der Waals surface area contributed by atoms with Gasteiger partial charge in [-0.25, -0.2) is 0 Å². The maximum atomic E-state index is 5.94. The quantitative estimate of drug-likeness (QED) is 0.755. The van der Waals surface area contributed by atoms with Crippen LogP contribution in [-0.4, -0.2) is 56.5 Å². The molecular formula is C12H26N2O2. The molecule has 2 N–H and O–H groups in total. The third-order valence-corrected chi connectivity index (χ3v) is 4.20. The van der Waals surface area contributed by atoms with Gasteiger partial charge in [0, 0.05) is 39.4 Å². The largest absolute Gasteiger partial charge is 0.377 e. The zero-order valence-electron chi connectivity index (χ0n) is 11.2. The molecule has 0 aromatic rings. The van der Waals surface area contributed by atoms with E-state index in [0.29, 0.717) is 12.5 Å². The first kappa shape index (κ1) is 13.9. The lowest BCUT2D eigenvalue weighted by molar-refractivity contribution is -0.00461. The fourth-order valence-electron chi connectivity index (χ4n) is 2.34. The molecule has 1 aliphatic rings. The van der Waals surface area contributed by atoms with Gasteiger partial charge in [-0.1, -0.05) is 13.8 Å². The van der Waals surface area contributed by atoms with E-state index in [-0.39, 0.29) is 17.7 Å². The predicted molar refractivity (Wildman–Crippen MR) is 65.5 cm³/mol. The second kappa shape index (κ2) is 5.45. The number of likely N-dealkylation sites (tertiary alicyclic amines) is 1. The summed E-state index contributed by atoms with van der Waals surface area (Å²) in [5.74, 6) is 0.519. The van der Waals surface area contributed by atoms with Crippen molar-refractivity contribution < 1.29 is 9.47 Å². The number of nitrogens with zero attached hydrogens (tertiary/aromatic N) is 1. The minimum absolute atomic E-state index is 0.0318. The molecule has 3 unspecified atom stereocenters. The Kier molecular flexibility index (Phi) is 4.73. The predicted octanol–water partition coefficient (Wildman–Crippen LogP) is 0.705. The average Bonchev–Trinajstić information content (AvgIpc) is 2.70. The van der Waals surface area contributed by atoms with Crippen molar-refractivity contribution >= 4 is 0 Å². The van der Waals surface area contributed by atoms with Gasteiger partial charge < -0.3 is 15.2 Å². The van der Waals surface area contributed by atoms with Crippen molar-refractivity contribution in [2.75, 3.05) is 33.9 Å². The van der Waals surface area contributed by atoms with Crippen LogP contribution in [0.4, 0.5) is 0 Å². The zero-order valence-corrected chi connectivity index (χ0v) is 11.2. The molecule has 1 heterocycles. The van der Waals surface area contributed by atoms with Crippen molar-refractivity contribution in [2.24, 2.45) is 11.7 Å². The maximum Gasteiger partial charge on any atom is 0.0972 e. The lowest BCUT2D eigenvalue weighted by Gasteiger charge is -2.41. The monoisotopic (exact) mass is 230 g/mol. The van der Waals surface area contributed by atoms with E-state index in [4.69, 9.17) is 15.2 Å². The summed E-state index contributed by atoms with van der Waals surface area (Å²) in [4.78, 5) is 2.40. The van der Waals surface area contributed by atoms with Crippen LogP contribution in [0.5, 0.6) is 0 Å². The number of nitrogens with two attached hydrogens (primary N) is 1. The number of hydrogen-bond acceptors (Lipinski definition) is 4. The Balaban J connectivity index is 2.75. The van der Waals surface area contributed by atoms with E-state index in [2.05, 4.69) is 25.7 Å². The van der Waals surface area contributed by atoms with E-state index in [1.807, 2.05) is 0 Å². The molecule has 4 nitrogen and oxygen atoms in total. The van der Waals surface area contributed by atoms with E-state index in [0.717, 1.165) is 13.1 Å². The molecule has 0 aromatic heterocycles. The molecule has 4 heteroatoms. The van der Waals surface area contributed by atoms with E-state index in [9.17, 15) is 0 Å². The molecule has 0 aliphatic carbocycles. The molecule has 1 saturated heterocycles. The van der Waals surface area contributed by atoms with Gasteiger partial charge in [-0.3, -0.25) is 4.90 Å². The van der Waals surface area contributed by atoms with Crippen LogP contribution in [0.3, 0.4) is 0 Å². The van der Waals surface area contributed by atoms with Gasteiger partial charge in [0.1, 0.15) is 0 Å². The molecule has 0 spiro atoms. The van der Waals surface area contributed by atoms with Gasteiger partial charge in [0.2, 0.25) is 0 Å². The summed E-state index contributed by atoms with van der Waals surface area (Å²) >= 11 is 0. The molecule has 0 aromatic carbocycles. The first-order valence-corrected chi connectivity index (χ1v) is 6.00. The molecular weight excluding hydrogens is 204 g/mol. The Hall–Kier alpha value is -0.160. The van der Waals surface area contributed by atoms with Crippen LogP contribution in [0.15, 0.2) is 0 Å². The number of rotatable bonds is 5.